The van der Waals surface area contributed by atoms with E-state index in [1.807, 2.05) is 0 Å². The molecule has 94 valence electrons. The second kappa shape index (κ2) is 4.16. The highest BCUT2D eigenvalue weighted by molar-refractivity contribution is 6.32. The Morgan fingerprint density at radius 2 is 2.06 bits per heavy atom. The van der Waals surface area contributed by atoms with Gasteiger partial charge in [0.2, 0.25) is 0 Å². The molecular weight excluding hydrogens is 221 g/mol. The van der Waals surface area contributed by atoms with Crippen LogP contribution < -0.4 is 10.2 Å². The number of hydrogen-bond acceptors (Lipinski definition) is 2. The second-order valence-corrected chi connectivity index (χ2v) is 5.87. The van der Waals surface area contributed by atoms with E-state index < -0.39 is 0 Å². The van der Waals surface area contributed by atoms with Crippen molar-refractivity contribution in [2.24, 2.45) is 0 Å². The summed E-state index contributed by atoms with van der Waals surface area (Å²) in [6.07, 6.45) is 3.20. The maximum Gasteiger partial charge on any atom is 0.139 e. The molecule has 1 saturated heterocycles. The monoisotopic (exact) mass is 241 g/mol. The molecule has 2 aliphatic rings. The summed E-state index contributed by atoms with van der Waals surface area (Å²) in [5, 5.41) is 0. The van der Waals surface area contributed by atoms with Gasteiger partial charge in [-0.25, -0.2) is 0 Å². The maximum absolute atomic E-state index is 6.35. The normalized spacial score (nSPS) is 22.6. The number of hydrogen-bond donors (Lipinski definition) is 0. The van der Waals surface area contributed by atoms with Crippen molar-refractivity contribution >= 4 is 18.9 Å². The average molecular weight is 241 g/mol. The fourth-order valence-corrected chi connectivity index (χ4v) is 3.07. The van der Waals surface area contributed by atoms with Gasteiger partial charge in [0.15, 0.2) is 0 Å². The van der Waals surface area contributed by atoms with Crippen LogP contribution in [0.5, 0.6) is 5.75 Å². The van der Waals surface area contributed by atoms with E-state index in [-0.39, 0.29) is 5.60 Å². The van der Waals surface area contributed by atoms with Crippen molar-refractivity contribution in [3.8, 4) is 5.75 Å². The van der Waals surface area contributed by atoms with Gasteiger partial charge in [-0.2, -0.15) is 0 Å². The molecule has 2 aliphatic heterocycles. The highest BCUT2D eigenvalue weighted by Gasteiger charge is 2.40. The standard InChI is InChI=1S/C15H20BNO/c1-11-10-15(5-7-17(2)8-6-15)18-14-4-3-12(16)9-13(11)14/h3-4,9H,1,5-8,10,16H2,2H3. The first kappa shape index (κ1) is 11.9. The van der Waals surface area contributed by atoms with Crippen molar-refractivity contribution in [1.29, 1.82) is 0 Å². The van der Waals surface area contributed by atoms with Crippen molar-refractivity contribution in [2.75, 3.05) is 20.1 Å². The predicted molar refractivity (Wildman–Crippen MR) is 78.4 cm³/mol. The Morgan fingerprint density at radius 3 is 2.78 bits per heavy atom. The fourth-order valence-electron chi connectivity index (χ4n) is 3.07. The van der Waals surface area contributed by atoms with Crippen molar-refractivity contribution in [2.45, 2.75) is 24.9 Å². The molecule has 0 saturated carbocycles. The van der Waals surface area contributed by atoms with E-state index in [0.29, 0.717) is 0 Å². The van der Waals surface area contributed by atoms with E-state index in [0.717, 1.165) is 38.1 Å². The van der Waals surface area contributed by atoms with Gasteiger partial charge < -0.3 is 9.64 Å². The molecule has 0 atom stereocenters. The maximum atomic E-state index is 6.35. The van der Waals surface area contributed by atoms with Crippen molar-refractivity contribution in [1.82, 2.24) is 4.90 Å². The molecule has 0 bridgehead atoms. The number of likely N-dealkylation sites (tertiary alicyclic amines) is 1. The number of fused-ring (bicyclic) bond motifs is 1. The molecule has 1 spiro atoms. The van der Waals surface area contributed by atoms with Crippen LogP contribution in [0.2, 0.25) is 0 Å². The Bertz CT molecular complexity index is 489. The zero-order valence-electron chi connectivity index (χ0n) is 11.3. The molecule has 3 heteroatoms. The molecule has 0 N–H and O–H groups in total. The van der Waals surface area contributed by atoms with Gasteiger partial charge in [0.05, 0.1) is 0 Å². The second-order valence-electron chi connectivity index (χ2n) is 5.87. The molecule has 0 radical (unpaired) electrons. The summed E-state index contributed by atoms with van der Waals surface area (Å²) in [6, 6.07) is 6.43. The fraction of sp³-hybridized carbons (Fsp3) is 0.467. The lowest BCUT2D eigenvalue weighted by Crippen LogP contribution is -2.48. The first-order valence-electron chi connectivity index (χ1n) is 6.74. The molecular formula is C15H20BNO. The van der Waals surface area contributed by atoms with E-state index in [4.69, 9.17) is 4.74 Å². The topological polar surface area (TPSA) is 12.5 Å². The minimum atomic E-state index is 0.00580. The third-order valence-electron chi connectivity index (χ3n) is 4.28. The summed E-state index contributed by atoms with van der Waals surface area (Å²) in [4.78, 5) is 2.38. The lowest BCUT2D eigenvalue weighted by molar-refractivity contribution is 0.00724. The molecule has 0 unspecified atom stereocenters. The van der Waals surface area contributed by atoms with Gasteiger partial charge in [-0.05, 0) is 18.7 Å². The molecule has 18 heavy (non-hydrogen) atoms. The minimum absolute atomic E-state index is 0.00580. The van der Waals surface area contributed by atoms with Crippen LogP contribution in [0.1, 0.15) is 24.8 Å². The Morgan fingerprint density at radius 1 is 1.33 bits per heavy atom. The quantitative estimate of drug-likeness (QED) is 0.633. The van der Waals surface area contributed by atoms with Gasteiger partial charge >= 0.3 is 0 Å². The van der Waals surface area contributed by atoms with Gasteiger partial charge in [-0.3, -0.25) is 0 Å². The number of piperidine rings is 1. The van der Waals surface area contributed by atoms with E-state index >= 15 is 0 Å². The third kappa shape index (κ3) is 1.97. The summed E-state index contributed by atoms with van der Waals surface area (Å²) in [6.45, 7) is 6.51. The zero-order chi connectivity index (χ0) is 12.8. The van der Waals surface area contributed by atoms with Crippen LogP contribution in [0.3, 0.4) is 0 Å². The smallest absolute Gasteiger partial charge is 0.139 e. The largest absolute Gasteiger partial charge is 0.486 e. The van der Waals surface area contributed by atoms with E-state index in [1.54, 1.807) is 0 Å². The van der Waals surface area contributed by atoms with Gasteiger partial charge in [0, 0.05) is 37.9 Å². The van der Waals surface area contributed by atoms with E-state index in [9.17, 15) is 0 Å². The first-order valence-corrected chi connectivity index (χ1v) is 6.74. The third-order valence-corrected chi connectivity index (χ3v) is 4.28. The van der Waals surface area contributed by atoms with Crippen LogP contribution in [0.15, 0.2) is 24.8 Å². The van der Waals surface area contributed by atoms with Gasteiger partial charge in [-0.15, -0.1) is 0 Å². The van der Waals surface area contributed by atoms with Crippen molar-refractivity contribution < 1.29 is 4.74 Å². The van der Waals surface area contributed by atoms with Crippen LogP contribution in [-0.4, -0.2) is 38.5 Å². The summed E-state index contributed by atoms with van der Waals surface area (Å²) < 4.78 is 6.35. The Kier molecular flexibility index (Phi) is 2.74. The van der Waals surface area contributed by atoms with Gasteiger partial charge in [-0.1, -0.05) is 24.2 Å². The zero-order valence-corrected chi connectivity index (χ0v) is 11.3. The Labute approximate surface area is 110 Å². The van der Waals surface area contributed by atoms with Crippen LogP contribution in [0.25, 0.3) is 5.57 Å². The average Bonchev–Trinajstić information content (AvgIpc) is 2.35. The first-order chi connectivity index (χ1) is 8.58. The Hall–Kier alpha value is -1.22. The lowest BCUT2D eigenvalue weighted by atomic mass is 9.80. The molecule has 0 aliphatic carbocycles. The van der Waals surface area contributed by atoms with Gasteiger partial charge in [0.25, 0.3) is 0 Å². The number of ether oxygens (including phenoxy) is 1. The van der Waals surface area contributed by atoms with Crippen LogP contribution >= 0.6 is 0 Å². The molecule has 1 fully saturated rings. The number of benzene rings is 1. The lowest BCUT2D eigenvalue weighted by Gasteiger charge is -2.44. The molecule has 2 nitrogen and oxygen atoms in total. The van der Waals surface area contributed by atoms with E-state index in [1.165, 1.54) is 16.6 Å². The highest BCUT2D eigenvalue weighted by Crippen LogP contribution is 2.43. The summed E-state index contributed by atoms with van der Waals surface area (Å²) in [5.74, 6) is 1.03. The number of nitrogens with zero attached hydrogens (tertiary/aromatic N) is 1. The molecule has 3 rings (SSSR count). The van der Waals surface area contributed by atoms with E-state index in [2.05, 4.69) is 44.6 Å². The van der Waals surface area contributed by atoms with Crippen molar-refractivity contribution in [3.63, 3.8) is 0 Å². The van der Waals surface area contributed by atoms with Gasteiger partial charge in [0.1, 0.15) is 19.2 Å². The Balaban J connectivity index is 1.92. The van der Waals surface area contributed by atoms with Crippen LogP contribution in [0, 0.1) is 0 Å². The van der Waals surface area contributed by atoms with Crippen molar-refractivity contribution in [3.05, 3.63) is 30.3 Å². The SMILES string of the molecule is Bc1ccc2c(c1)C(=C)CC1(CCN(C)CC1)O2. The summed E-state index contributed by atoms with van der Waals surface area (Å²) in [5.41, 5.74) is 3.73. The minimum Gasteiger partial charge on any atom is -0.486 e. The molecule has 2 heterocycles. The molecule has 0 amide bonds. The van der Waals surface area contributed by atoms with Crippen LogP contribution in [-0.2, 0) is 0 Å². The summed E-state index contributed by atoms with van der Waals surface area (Å²) in [7, 11) is 4.30. The molecule has 0 aromatic heterocycles. The number of rotatable bonds is 0. The summed E-state index contributed by atoms with van der Waals surface area (Å²) >= 11 is 0. The molecule has 1 aromatic carbocycles. The highest BCUT2D eigenvalue weighted by atomic mass is 16.5. The predicted octanol–water partition coefficient (Wildman–Crippen LogP) is 1.21. The van der Waals surface area contributed by atoms with Crippen LogP contribution in [0.4, 0.5) is 0 Å². The molecule has 1 aromatic rings.